The lowest BCUT2D eigenvalue weighted by atomic mass is 9.91. The Kier molecular flexibility index (Phi) is 2.95. The van der Waals surface area contributed by atoms with E-state index in [2.05, 4.69) is 17.1 Å². The van der Waals surface area contributed by atoms with Crippen LogP contribution >= 0.6 is 0 Å². The van der Waals surface area contributed by atoms with Crippen molar-refractivity contribution in [1.29, 1.82) is 0 Å². The second-order valence-corrected chi connectivity index (χ2v) is 6.02. The van der Waals surface area contributed by atoms with Gasteiger partial charge in [0.2, 0.25) is 5.91 Å². The number of nitrogens with zero attached hydrogens (tertiary/aromatic N) is 1. The van der Waals surface area contributed by atoms with E-state index in [-0.39, 0.29) is 11.8 Å². The third kappa shape index (κ3) is 2.25. The van der Waals surface area contributed by atoms with Crippen molar-refractivity contribution in [3.05, 3.63) is 12.2 Å². The summed E-state index contributed by atoms with van der Waals surface area (Å²) in [5, 5.41) is 0. The van der Waals surface area contributed by atoms with Crippen LogP contribution in [-0.4, -0.2) is 30.4 Å². The van der Waals surface area contributed by atoms with Crippen LogP contribution in [0.25, 0.3) is 0 Å². The predicted molar refractivity (Wildman–Crippen MR) is 67.2 cm³/mol. The monoisotopic (exact) mass is 234 g/mol. The van der Waals surface area contributed by atoms with Crippen molar-refractivity contribution in [2.45, 2.75) is 25.7 Å². The van der Waals surface area contributed by atoms with Gasteiger partial charge in [-0.05, 0) is 56.5 Å². The van der Waals surface area contributed by atoms with Crippen molar-refractivity contribution in [2.24, 2.45) is 29.4 Å². The zero-order chi connectivity index (χ0) is 11.8. The van der Waals surface area contributed by atoms with Gasteiger partial charge in [-0.1, -0.05) is 12.2 Å². The van der Waals surface area contributed by atoms with Gasteiger partial charge < -0.3 is 10.6 Å². The Hall–Kier alpha value is -0.830. The number of fused-ring (bicyclic) bond motifs is 2. The molecule has 1 saturated carbocycles. The van der Waals surface area contributed by atoms with Gasteiger partial charge in [-0.3, -0.25) is 4.79 Å². The minimum atomic E-state index is -0.104. The van der Waals surface area contributed by atoms with Crippen molar-refractivity contribution >= 4 is 5.91 Å². The normalized spacial score (nSPS) is 37.8. The van der Waals surface area contributed by atoms with Crippen molar-refractivity contribution in [3.8, 4) is 0 Å². The molecule has 0 aromatic heterocycles. The quantitative estimate of drug-likeness (QED) is 0.750. The summed E-state index contributed by atoms with van der Waals surface area (Å²) in [6.45, 7) is 3.35. The Morgan fingerprint density at radius 2 is 2.00 bits per heavy atom. The van der Waals surface area contributed by atoms with Crippen LogP contribution in [-0.2, 0) is 4.79 Å². The van der Waals surface area contributed by atoms with E-state index in [0.717, 1.165) is 43.7 Å². The molecule has 3 rings (SSSR count). The third-order valence-corrected chi connectivity index (χ3v) is 4.90. The van der Waals surface area contributed by atoms with Crippen LogP contribution in [0.4, 0.5) is 0 Å². The van der Waals surface area contributed by atoms with Crippen molar-refractivity contribution in [2.75, 3.05) is 19.6 Å². The maximum Gasteiger partial charge on any atom is 0.220 e. The number of hydrogen-bond donors (Lipinski definition) is 1. The van der Waals surface area contributed by atoms with Crippen LogP contribution in [0, 0.1) is 23.7 Å². The molecule has 1 saturated heterocycles. The second kappa shape index (κ2) is 4.45. The fraction of sp³-hybridized carbons (Fsp3) is 0.786. The van der Waals surface area contributed by atoms with E-state index in [4.69, 9.17) is 5.73 Å². The van der Waals surface area contributed by atoms with Gasteiger partial charge in [0.05, 0.1) is 0 Å². The zero-order valence-corrected chi connectivity index (χ0v) is 10.3. The molecule has 1 amide bonds. The summed E-state index contributed by atoms with van der Waals surface area (Å²) in [7, 11) is 0. The molecular formula is C14H22N2O. The Labute approximate surface area is 103 Å². The molecule has 2 bridgehead atoms. The summed E-state index contributed by atoms with van der Waals surface area (Å²) in [6, 6.07) is 0. The van der Waals surface area contributed by atoms with Crippen LogP contribution in [0.1, 0.15) is 25.7 Å². The molecule has 0 unspecified atom stereocenters. The van der Waals surface area contributed by atoms with E-state index < -0.39 is 0 Å². The van der Waals surface area contributed by atoms with Crippen LogP contribution in [0.15, 0.2) is 12.2 Å². The average molecular weight is 234 g/mol. The molecule has 0 aromatic rings. The number of nitrogens with two attached hydrogens (primary N) is 1. The number of likely N-dealkylation sites (tertiary alicyclic amines) is 1. The van der Waals surface area contributed by atoms with Gasteiger partial charge in [-0.2, -0.15) is 0 Å². The standard InChI is InChI=1S/C14H22N2O/c15-14(17)11-3-5-16(6-4-11)9-13-8-10-1-2-12(13)7-10/h1-2,10-13H,3-9H2,(H2,15,17)/t10-,12+,13+/m1/s1. The average Bonchev–Trinajstić information content (AvgIpc) is 2.91. The van der Waals surface area contributed by atoms with Gasteiger partial charge in [-0.25, -0.2) is 0 Å². The molecule has 3 aliphatic rings. The number of rotatable bonds is 3. The highest BCUT2D eigenvalue weighted by Crippen LogP contribution is 2.43. The molecule has 3 heteroatoms. The molecule has 2 aliphatic carbocycles. The Morgan fingerprint density at radius 1 is 1.24 bits per heavy atom. The minimum absolute atomic E-state index is 0.104. The molecule has 17 heavy (non-hydrogen) atoms. The number of hydrogen-bond acceptors (Lipinski definition) is 2. The Bertz CT molecular complexity index is 331. The maximum absolute atomic E-state index is 11.1. The van der Waals surface area contributed by atoms with E-state index >= 15 is 0 Å². The van der Waals surface area contributed by atoms with Crippen LogP contribution < -0.4 is 5.73 Å². The van der Waals surface area contributed by atoms with Crippen LogP contribution in [0.2, 0.25) is 0 Å². The van der Waals surface area contributed by atoms with E-state index in [1.165, 1.54) is 19.4 Å². The summed E-state index contributed by atoms with van der Waals surface area (Å²) in [5.41, 5.74) is 5.36. The first kappa shape index (κ1) is 11.3. The van der Waals surface area contributed by atoms with Gasteiger partial charge >= 0.3 is 0 Å². The molecule has 1 aliphatic heterocycles. The highest BCUT2D eigenvalue weighted by atomic mass is 16.1. The largest absolute Gasteiger partial charge is 0.369 e. The fourth-order valence-corrected chi connectivity index (χ4v) is 3.84. The van der Waals surface area contributed by atoms with Gasteiger partial charge in [0.15, 0.2) is 0 Å². The summed E-state index contributed by atoms with van der Waals surface area (Å²) in [4.78, 5) is 13.6. The fourth-order valence-electron chi connectivity index (χ4n) is 3.84. The Balaban J connectivity index is 1.48. The van der Waals surface area contributed by atoms with Crippen LogP contribution in [0.5, 0.6) is 0 Å². The second-order valence-electron chi connectivity index (χ2n) is 6.02. The van der Waals surface area contributed by atoms with E-state index in [1.807, 2.05) is 0 Å². The molecule has 0 radical (unpaired) electrons. The van der Waals surface area contributed by atoms with Crippen LogP contribution in [0.3, 0.4) is 0 Å². The summed E-state index contributed by atoms with van der Waals surface area (Å²) in [6.07, 6.45) is 9.53. The van der Waals surface area contributed by atoms with Crippen molar-refractivity contribution in [3.63, 3.8) is 0 Å². The number of primary amides is 1. The van der Waals surface area contributed by atoms with E-state index in [1.54, 1.807) is 0 Å². The number of amides is 1. The highest BCUT2D eigenvalue weighted by molar-refractivity contribution is 5.76. The lowest BCUT2D eigenvalue weighted by Gasteiger charge is -2.33. The SMILES string of the molecule is NC(=O)C1CCN(C[C@@H]2C[C@@H]3C=C[C@H]2C3)CC1. The van der Waals surface area contributed by atoms with E-state index in [0.29, 0.717) is 0 Å². The summed E-state index contributed by atoms with van der Waals surface area (Å²) < 4.78 is 0. The number of carbonyl (C=O) groups is 1. The van der Waals surface area contributed by atoms with Gasteiger partial charge in [0, 0.05) is 12.5 Å². The lowest BCUT2D eigenvalue weighted by Crippen LogP contribution is -2.41. The first-order chi connectivity index (χ1) is 8.22. The zero-order valence-electron chi connectivity index (χ0n) is 10.3. The lowest BCUT2D eigenvalue weighted by molar-refractivity contribution is -0.123. The number of carbonyl (C=O) groups excluding carboxylic acids is 1. The summed E-state index contributed by atoms with van der Waals surface area (Å²) in [5.74, 6) is 2.61. The molecule has 3 nitrogen and oxygen atoms in total. The molecule has 2 N–H and O–H groups in total. The molecule has 3 atom stereocenters. The summed E-state index contributed by atoms with van der Waals surface area (Å²) >= 11 is 0. The maximum atomic E-state index is 11.1. The van der Waals surface area contributed by atoms with Crippen molar-refractivity contribution < 1.29 is 4.79 Å². The molecule has 1 heterocycles. The molecule has 2 fully saturated rings. The predicted octanol–water partition coefficient (Wildman–Crippen LogP) is 1.40. The first-order valence-electron chi connectivity index (χ1n) is 6.92. The molecular weight excluding hydrogens is 212 g/mol. The Morgan fingerprint density at radius 3 is 2.53 bits per heavy atom. The highest BCUT2D eigenvalue weighted by Gasteiger charge is 2.36. The van der Waals surface area contributed by atoms with Gasteiger partial charge in [-0.15, -0.1) is 0 Å². The minimum Gasteiger partial charge on any atom is -0.369 e. The van der Waals surface area contributed by atoms with Gasteiger partial charge in [0.1, 0.15) is 0 Å². The topological polar surface area (TPSA) is 46.3 Å². The first-order valence-corrected chi connectivity index (χ1v) is 6.92. The molecule has 0 spiro atoms. The number of allylic oxidation sites excluding steroid dienone is 2. The van der Waals surface area contributed by atoms with Gasteiger partial charge in [0.25, 0.3) is 0 Å². The third-order valence-electron chi connectivity index (χ3n) is 4.90. The molecule has 94 valence electrons. The molecule has 0 aromatic carbocycles. The van der Waals surface area contributed by atoms with E-state index in [9.17, 15) is 4.79 Å². The van der Waals surface area contributed by atoms with Crippen molar-refractivity contribution in [1.82, 2.24) is 4.90 Å². The number of piperidine rings is 1. The smallest absolute Gasteiger partial charge is 0.220 e.